The molecule has 1 aromatic rings. The number of nitrogens with one attached hydrogen (secondary N) is 1. The molecule has 1 aliphatic rings. The molecule has 0 spiro atoms. The number of methoxy groups -OCH3 is 1. The Balaban J connectivity index is 1.80. The van der Waals surface area contributed by atoms with E-state index in [1.54, 1.807) is 7.11 Å². The van der Waals surface area contributed by atoms with Gasteiger partial charge in [-0.1, -0.05) is 0 Å². The minimum absolute atomic E-state index is 0.0704. The van der Waals surface area contributed by atoms with Crippen molar-refractivity contribution < 1.29 is 9.84 Å². The Morgan fingerprint density at radius 2 is 2.24 bits per heavy atom. The van der Waals surface area contributed by atoms with Gasteiger partial charge in [0.05, 0.1) is 18.9 Å². The summed E-state index contributed by atoms with van der Waals surface area (Å²) >= 11 is 0. The maximum absolute atomic E-state index is 9.18. The van der Waals surface area contributed by atoms with Crippen LogP contribution in [0.2, 0.25) is 0 Å². The van der Waals surface area contributed by atoms with Gasteiger partial charge in [-0.15, -0.1) is 0 Å². The molecule has 0 unspecified atom stereocenters. The Labute approximate surface area is 102 Å². The second-order valence-corrected chi connectivity index (χ2v) is 4.76. The van der Waals surface area contributed by atoms with Gasteiger partial charge in [0.2, 0.25) is 0 Å². The van der Waals surface area contributed by atoms with E-state index in [1.807, 2.05) is 19.1 Å². The average molecular weight is 236 g/mol. The molecule has 2 N–H and O–H groups in total. The van der Waals surface area contributed by atoms with E-state index < -0.39 is 0 Å². The van der Waals surface area contributed by atoms with Crippen molar-refractivity contribution in [3.63, 3.8) is 0 Å². The first-order valence-electron chi connectivity index (χ1n) is 6.07. The summed E-state index contributed by atoms with van der Waals surface area (Å²) < 4.78 is 5.21. The zero-order valence-electron chi connectivity index (χ0n) is 10.4. The minimum Gasteiger partial charge on any atom is -0.497 e. The normalized spacial score (nSPS) is 23.2. The van der Waals surface area contributed by atoms with Crippen LogP contribution >= 0.6 is 0 Å². The first-order chi connectivity index (χ1) is 8.17. The monoisotopic (exact) mass is 236 g/mol. The second kappa shape index (κ2) is 5.47. The van der Waals surface area contributed by atoms with Crippen LogP contribution < -0.4 is 10.1 Å². The number of aliphatic hydroxyl groups excluding tert-OH is 1. The standard InChI is InChI=1S/C13H20N2O2/c1-9-3-13(17-2)6-11(15-9)8-14-7-10-4-12(16)5-10/h3,6,10,12,14,16H,4-5,7-8H2,1-2H3. The van der Waals surface area contributed by atoms with E-state index in [-0.39, 0.29) is 6.10 Å². The average Bonchev–Trinajstić information content (AvgIpc) is 2.26. The van der Waals surface area contributed by atoms with Crippen molar-refractivity contribution >= 4 is 0 Å². The van der Waals surface area contributed by atoms with Gasteiger partial charge < -0.3 is 15.2 Å². The lowest BCUT2D eigenvalue weighted by molar-refractivity contribution is 0.0429. The van der Waals surface area contributed by atoms with Crippen molar-refractivity contribution in [3.05, 3.63) is 23.5 Å². The Kier molecular flexibility index (Phi) is 3.97. The van der Waals surface area contributed by atoms with E-state index in [9.17, 15) is 5.11 Å². The summed E-state index contributed by atoms with van der Waals surface area (Å²) in [6.45, 7) is 3.67. The number of hydrogen-bond acceptors (Lipinski definition) is 4. The first-order valence-corrected chi connectivity index (χ1v) is 6.07. The van der Waals surface area contributed by atoms with Gasteiger partial charge in [0.25, 0.3) is 0 Å². The van der Waals surface area contributed by atoms with Crippen LogP contribution in [0.25, 0.3) is 0 Å². The summed E-state index contributed by atoms with van der Waals surface area (Å²) in [6, 6.07) is 3.88. The van der Waals surface area contributed by atoms with E-state index in [0.717, 1.165) is 43.1 Å². The van der Waals surface area contributed by atoms with Crippen molar-refractivity contribution in [2.75, 3.05) is 13.7 Å². The SMILES string of the molecule is COc1cc(C)nc(CNCC2CC(O)C2)c1. The Morgan fingerprint density at radius 3 is 2.88 bits per heavy atom. The molecular formula is C13H20N2O2. The fourth-order valence-corrected chi connectivity index (χ4v) is 2.18. The molecule has 1 aromatic heterocycles. The molecule has 1 aliphatic carbocycles. The summed E-state index contributed by atoms with van der Waals surface area (Å²) in [5.74, 6) is 1.48. The second-order valence-electron chi connectivity index (χ2n) is 4.76. The molecule has 17 heavy (non-hydrogen) atoms. The quantitative estimate of drug-likeness (QED) is 0.808. The van der Waals surface area contributed by atoms with Gasteiger partial charge in [0.1, 0.15) is 5.75 Å². The lowest BCUT2D eigenvalue weighted by Gasteiger charge is -2.31. The molecule has 1 heterocycles. The van der Waals surface area contributed by atoms with Crippen LogP contribution in [-0.4, -0.2) is 29.8 Å². The molecule has 0 aromatic carbocycles. The summed E-state index contributed by atoms with van der Waals surface area (Å²) in [5.41, 5.74) is 1.97. The molecule has 94 valence electrons. The molecule has 4 heteroatoms. The zero-order chi connectivity index (χ0) is 12.3. The fraction of sp³-hybridized carbons (Fsp3) is 0.615. The number of aliphatic hydroxyl groups is 1. The Morgan fingerprint density at radius 1 is 1.47 bits per heavy atom. The lowest BCUT2D eigenvalue weighted by atomic mass is 9.82. The van der Waals surface area contributed by atoms with Crippen LogP contribution in [0.1, 0.15) is 24.2 Å². The predicted molar refractivity (Wildman–Crippen MR) is 66.0 cm³/mol. The maximum atomic E-state index is 9.18. The number of nitrogens with zero attached hydrogens (tertiary/aromatic N) is 1. The van der Waals surface area contributed by atoms with Gasteiger partial charge >= 0.3 is 0 Å². The highest BCUT2D eigenvalue weighted by Crippen LogP contribution is 2.26. The van der Waals surface area contributed by atoms with Crippen LogP contribution in [0.5, 0.6) is 5.75 Å². The molecule has 1 saturated carbocycles. The van der Waals surface area contributed by atoms with Crippen molar-refractivity contribution in [2.45, 2.75) is 32.4 Å². The van der Waals surface area contributed by atoms with Crippen LogP contribution in [-0.2, 0) is 6.54 Å². The third-order valence-electron chi connectivity index (χ3n) is 3.17. The molecular weight excluding hydrogens is 216 g/mol. The molecule has 2 rings (SSSR count). The highest BCUT2D eigenvalue weighted by molar-refractivity contribution is 5.26. The van der Waals surface area contributed by atoms with E-state index in [1.165, 1.54) is 0 Å². The Hall–Kier alpha value is -1.13. The van der Waals surface area contributed by atoms with Gasteiger partial charge in [-0.3, -0.25) is 4.98 Å². The van der Waals surface area contributed by atoms with E-state index in [2.05, 4.69) is 10.3 Å². The van der Waals surface area contributed by atoms with Crippen LogP contribution in [0, 0.1) is 12.8 Å². The topological polar surface area (TPSA) is 54.4 Å². The summed E-state index contributed by atoms with van der Waals surface area (Å²) in [5, 5.41) is 12.6. The smallest absolute Gasteiger partial charge is 0.122 e. The third kappa shape index (κ3) is 3.41. The van der Waals surface area contributed by atoms with Gasteiger partial charge in [0.15, 0.2) is 0 Å². The molecule has 0 aliphatic heterocycles. The number of aromatic nitrogens is 1. The van der Waals surface area contributed by atoms with Crippen molar-refractivity contribution in [1.29, 1.82) is 0 Å². The number of pyridine rings is 1. The van der Waals surface area contributed by atoms with Crippen LogP contribution in [0.4, 0.5) is 0 Å². The molecule has 0 radical (unpaired) electrons. The molecule has 0 amide bonds. The predicted octanol–water partition coefficient (Wildman–Crippen LogP) is 1.26. The lowest BCUT2D eigenvalue weighted by Crippen LogP contribution is -2.36. The van der Waals surface area contributed by atoms with Gasteiger partial charge in [0, 0.05) is 24.4 Å². The highest BCUT2D eigenvalue weighted by atomic mass is 16.5. The molecule has 0 bridgehead atoms. The van der Waals surface area contributed by atoms with Crippen molar-refractivity contribution in [3.8, 4) is 5.75 Å². The first kappa shape index (κ1) is 12.3. The summed E-state index contributed by atoms with van der Waals surface area (Å²) in [7, 11) is 1.67. The molecule has 0 atom stereocenters. The molecule has 1 fully saturated rings. The van der Waals surface area contributed by atoms with Gasteiger partial charge in [-0.25, -0.2) is 0 Å². The van der Waals surface area contributed by atoms with Gasteiger partial charge in [-0.2, -0.15) is 0 Å². The number of aryl methyl sites for hydroxylation is 1. The molecule has 4 nitrogen and oxygen atoms in total. The number of ether oxygens (including phenoxy) is 1. The highest BCUT2D eigenvalue weighted by Gasteiger charge is 2.26. The summed E-state index contributed by atoms with van der Waals surface area (Å²) in [6.07, 6.45) is 1.79. The van der Waals surface area contributed by atoms with Crippen molar-refractivity contribution in [1.82, 2.24) is 10.3 Å². The van der Waals surface area contributed by atoms with Gasteiger partial charge in [-0.05, 0) is 32.2 Å². The third-order valence-corrected chi connectivity index (χ3v) is 3.17. The number of rotatable bonds is 5. The fourth-order valence-electron chi connectivity index (χ4n) is 2.18. The summed E-state index contributed by atoms with van der Waals surface area (Å²) in [4.78, 5) is 4.45. The maximum Gasteiger partial charge on any atom is 0.122 e. The Bertz CT molecular complexity index is 376. The van der Waals surface area contributed by atoms with Crippen molar-refractivity contribution in [2.24, 2.45) is 5.92 Å². The van der Waals surface area contributed by atoms with E-state index >= 15 is 0 Å². The van der Waals surface area contributed by atoms with E-state index in [0.29, 0.717) is 5.92 Å². The number of hydrogen-bond donors (Lipinski definition) is 2. The zero-order valence-corrected chi connectivity index (χ0v) is 10.4. The van der Waals surface area contributed by atoms with Crippen LogP contribution in [0.3, 0.4) is 0 Å². The minimum atomic E-state index is -0.0704. The largest absolute Gasteiger partial charge is 0.497 e. The van der Waals surface area contributed by atoms with E-state index in [4.69, 9.17) is 4.74 Å². The van der Waals surface area contributed by atoms with Crippen LogP contribution in [0.15, 0.2) is 12.1 Å². The molecule has 0 saturated heterocycles.